The van der Waals surface area contributed by atoms with Crippen molar-refractivity contribution in [3.05, 3.63) is 66.2 Å². The van der Waals surface area contributed by atoms with E-state index in [1.807, 2.05) is 4.90 Å². The molecule has 10 nitrogen and oxygen atoms in total. The highest BCUT2D eigenvalue weighted by Crippen LogP contribution is 2.38. The van der Waals surface area contributed by atoms with E-state index in [4.69, 9.17) is 9.63 Å². The van der Waals surface area contributed by atoms with Gasteiger partial charge in [0.1, 0.15) is 17.9 Å². The Labute approximate surface area is 220 Å². The van der Waals surface area contributed by atoms with E-state index >= 15 is 0 Å². The molecule has 1 fully saturated rings. The molecule has 1 aliphatic heterocycles. The Kier molecular flexibility index (Phi) is 6.95. The van der Waals surface area contributed by atoms with E-state index in [0.717, 1.165) is 23.7 Å². The topological polar surface area (TPSA) is 130 Å². The minimum Gasteiger partial charge on any atom is -0.481 e. The van der Waals surface area contributed by atoms with Crippen LogP contribution in [0.15, 0.2) is 59.5 Å². The fourth-order valence-electron chi connectivity index (χ4n) is 4.87. The van der Waals surface area contributed by atoms with Gasteiger partial charge in [-0.15, -0.1) is 0 Å². The Hall–Kier alpha value is -4.10. The lowest BCUT2D eigenvalue weighted by molar-refractivity contribution is -0.142. The minimum atomic E-state index is -4.77. The predicted molar refractivity (Wildman–Crippen MR) is 131 cm³/mol. The summed E-state index contributed by atoms with van der Waals surface area (Å²) in [4.78, 5) is 25.0. The summed E-state index contributed by atoms with van der Waals surface area (Å²) in [5, 5.41) is 24.3. The lowest BCUT2D eigenvalue weighted by Crippen LogP contribution is -2.49. The highest BCUT2D eigenvalue weighted by atomic mass is 19.4. The summed E-state index contributed by atoms with van der Waals surface area (Å²) in [6, 6.07) is 11.2. The Morgan fingerprint density at radius 2 is 1.92 bits per heavy atom. The van der Waals surface area contributed by atoms with Gasteiger partial charge in [-0.1, -0.05) is 35.5 Å². The van der Waals surface area contributed by atoms with Gasteiger partial charge >= 0.3 is 12.1 Å². The molecule has 3 aromatic heterocycles. The monoisotopic (exact) mass is 542 g/mol. The number of aliphatic carboxylic acids is 1. The second-order valence-electron chi connectivity index (χ2n) is 9.57. The van der Waals surface area contributed by atoms with Gasteiger partial charge in [-0.3, -0.25) is 14.3 Å². The van der Waals surface area contributed by atoms with Gasteiger partial charge in [-0.2, -0.15) is 18.2 Å². The number of hydrogen-bond acceptors (Lipinski definition) is 8. The van der Waals surface area contributed by atoms with Crippen LogP contribution in [0.2, 0.25) is 0 Å². The number of benzene rings is 1. The van der Waals surface area contributed by atoms with E-state index in [0.29, 0.717) is 24.2 Å². The highest BCUT2D eigenvalue weighted by molar-refractivity contribution is 5.67. The Bertz CT molecular complexity index is 1450. The van der Waals surface area contributed by atoms with Crippen molar-refractivity contribution < 1.29 is 32.7 Å². The SMILES string of the molecule is C[C@@](O)(c1ccc(-c2noc(-c3ncn(-c4ccccn4)c3C(F)(F)F)n2)cc1)N1CCC[C@H](CC(=O)O)C1. The number of carbonyl (C=O) groups is 1. The maximum atomic E-state index is 14.0. The van der Waals surface area contributed by atoms with Gasteiger partial charge in [-0.25, -0.2) is 9.97 Å². The van der Waals surface area contributed by atoms with Crippen LogP contribution in [0.4, 0.5) is 13.2 Å². The first-order chi connectivity index (χ1) is 18.5. The third-order valence-electron chi connectivity index (χ3n) is 6.85. The van der Waals surface area contributed by atoms with Gasteiger partial charge < -0.3 is 14.7 Å². The number of carboxylic acids is 1. The second-order valence-corrected chi connectivity index (χ2v) is 9.57. The number of carboxylic acid groups (broad SMARTS) is 1. The molecule has 0 saturated carbocycles. The van der Waals surface area contributed by atoms with Crippen molar-refractivity contribution in [1.82, 2.24) is 29.6 Å². The average molecular weight is 543 g/mol. The van der Waals surface area contributed by atoms with Gasteiger partial charge in [0.15, 0.2) is 11.4 Å². The summed E-state index contributed by atoms with van der Waals surface area (Å²) in [7, 11) is 0. The molecule has 2 N–H and O–H groups in total. The van der Waals surface area contributed by atoms with Gasteiger partial charge in [-0.05, 0) is 43.4 Å². The van der Waals surface area contributed by atoms with Crippen molar-refractivity contribution in [2.24, 2.45) is 5.92 Å². The molecule has 0 amide bonds. The number of aromatic nitrogens is 5. The van der Waals surface area contributed by atoms with Gasteiger partial charge in [0.05, 0.1) is 0 Å². The molecule has 0 unspecified atom stereocenters. The molecule has 0 bridgehead atoms. The zero-order valence-electron chi connectivity index (χ0n) is 20.8. The Balaban J connectivity index is 1.39. The number of alkyl halides is 3. The van der Waals surface area contributed by atoms with Crippen molar-refractivity contribution >= 4 is 5.97 Å². The van der Waals surface area contributed by atoms with Gasteiger partial charge in [0, 0.05) is 31.3 Å². The number of pyridine rings is 1. The van der Waals surface area contributed by atoms with Crippen molar-refractivity contribution in [3.63, 3.8) is 0 Å². The fraction of sp³-hybridized carbons (Fsp3) is 0.346. The molecule has 1 aliphatic rings. The van der Waals surface area contributed by atoms with E-state index in [9.17, 15) is 23.1 Å². The van der Waals surface area contributed by atoms with Crippen LogP contribution in [0, 0.1) is 5.92 Å². The summed E-state index contributed by atoms with van der Waals surface area (Å²) in [6.07, 6.45) is -0.795. The molecular formula is C26H25F3N6O4. The number of rotatable bonds is 7. The number of aliphatic hydroxyl groups is 1. The Morgan fingerprint density at radius 3 is 2.59 bits per heavy atom. The summed E-state index contributed by atoms with van der Waals surface area (Å²) in [5.41, 5.74) is -1.93. The lowest BCUT2D eigenvalue weighted by atomic mass is 9.91. The number of hydrogen-bond donors (Lipinski definition) is 2. The van der Waals surface area contributed by atoms with E-state index in [2.05, 4.69) is 20.1 Å². The molecule has 0 radical (unpaired) electrons. The van der Waals surface area contributed by atoms with Crippen LogP contribution in [0.5, 0.6) is 0 Å². The number of halogens is 3. The summed E-state index contributed by atoms with van der Waals surface area (Å²) < 4.78 is 48.0. The third kappa shape index (κ3) is 5.40. The first kappa shape index (κ1) is 26.5. The molecule has 1 saturated heterocycles. The van der Waals surface area contributed by atoms with E-state index in [1.54, 1.807) is 43.3 Å². The van der Waals surface area contributed by atoms with E-state index < -0.39 is 35.1 Å². The smallest absolute Gasteiger partial charge is 0.434 e. The first-order valence-electron chi connectivity index (χ1n) is 12.2. The molecule has 0 aliphatic carbocycles. The first-order valence-corrected chi connectivity index (χ1v) is 12.2. The molecule has 204 valence electrons. The third-order valence-corrected chi connectivity index (χ3v) is 6.85. The highest BCUT2D eigenvalue weighted by Gasteiger charge is 2.41. The molecule has 4 aromatic rings. The fourth-order valence-corrected chi connectivity index (χ4v) is 4.87. The molecule has 2 atom stereocenters. The molecule has 13 heteroatoms. The van der Waals surface area contributed by atoms with Crippen LogP contribution in [-0.2, 0) is 16.7 Å². The van der Waals surface area contributed by atoms with Crippen molar-refractivity contribution in [2.75, 3.05) is 13.1 Å². The zero-order valence-corrected chi connectivity index (χ0v) is 20.8. The molecule has 1 aromatic carbocycles. The molecular weight excluding hydrogens is 517 g/mol. The maximum Gasteiger partial charge on any atom is 0.434 e. The van der Waals surface area contributed by atoms with E-state index in [-0.39, 0.29) is 24.0 Å². The molecule has 5 rings (SSSR count). The molecule has 0 spiro atoms. The van der Waals surface area contributed by atoms with Crippen LogP contribution in [0.1, 0.15) is 37.4 Å². The summed E-state index contributed by atoms with van der Waals surface area (Å²) in [5.74, 6) is -1.23. The number of imidazole rings is 1. The molecule has 39 heavy (non-hydrogen) atoms. The normalized spacial score (nSPS) is 18.1. The number of nitrogens with zero attached hydrogens (tertiary/aromatic N) is 6. The standard InChI is InChI=1S/C26H25F3N6O4/c1-25(38,34-12-4-5-16(14-34)13-20(36)37)18-9-7-17(8-10-18)23-32-24(39-33-23)21-22(26(27,28)29)35(15-31-21)19-6-2-3-11-30-19/h2-3,6-11,15-16,38H,4-5,12-14H2,1H3,(H,36,37)/t16-,25-/m1/s1. The van der Waals surface area contributed by atoms with Crippen LogP contribution >= 0.6 is 0 Å². The molecule has 4 heterocycles. The predicted octanol–water partition coefficient (Wildman–Crippen LogP) is 4.35. The minimum absolute atomic E-state index is 0.0361. The van der Waals surface area contributed by atoms with Crippen LogP contribution in [-0.4, -0.2) is 58.8 Å². The van der Waals surface area contributed by atoms with E-state index in [1.165, 1.54) is 12.3 Å². The quantitative estimate of drug-likeness (QED) is 0.350. The van der Waals surface area contributed by atoms with Crippen LogP contribution in [0.25, 0.3) is 28.8 Å². The second kappa shape index (κ2) is 10.2. The van der Waals surface area contributed by atoms with Crippen molar-refractivity contribution in [3.8, 4) is 28.8 Å². The Morgan fingerprint density at radius 1 is 1.15 bits per heavy atom. The van der Waals surface area contributed by atoms with Gasteiger partial charge in [0.2, 0.25) is 5.82 Å². The average Bonchev–Trinajstić information content (AvgIpc) is 3.57. The largest absolute Gasteiger partial charge is 0.481 e. The van der Waals surface area contributed by atoms with Crippen molar-refractivity contribution in [2.45, 2.75) is 38.1 Å². The van der Waals surface area contributed by atoms with Gasteiger partial charge in [0.25, 0.3) is 5.89 Å². The number of piperidine rings is 1. The summed E-state index contributed by atoms with van der Waals surface area (Å²) >= 11 is 0. The van der Waals surface area contributed by atoms with Crippen LogP contribution < -0.4 is 0 Å². The number of likely N-dealkylation sites (tertiary alicyclic amines) is 1. The lowest BCUT2D eigenvalue weighted by Gasteiger charge is -2.42. The van der Waals surface area contributed by atoms with Crippen molar-refractivity contribution in [1.29, 1.82) is 0 Å². The summed E-state index contributed by atoms with van der Waals surface area (Å²) in [6.45, 7) is 2.71. The maximum absolute atomic E-state index is 14.0. The zero-order chi connectivity index (χ0) is 27.8. The van der Waals surface area contributed by atoms with Crippen LogP contribution in [0.3, 0.4) is 0 Å².